The Labute approximate surface area is 208 Å². The first kappa shape index (κ1) is 23.4. The minimum Gasteiger partial charge on any atom is -0.481 e. The van der Waals surface area contributed by atoms with Gasteiger partial charge in [0.25, 0.3) is 0 Å². The van der Waals surface area contributed by atoms with Crippen LogP contribution in [0, 0.1) is 6.92 Å². The van der Waals surface area contributed by atoms with Crippen molar-refractivity contribution in [2.45, 2.75) is 38.2 Å². The number of amides is 1. The van der Waals surface area contributed by atoms with Crippen molar-refractivity contribution in [1.82, 2.24) is 5.16 Å². The fourth-order valence-electron chi connectivity index (χ4n) is 4.48. The zero-order chi connectivity index (χ0) is 25.3. The first-order chi connectivity index (χ1) is 17.4. The number of benzene rings is 3. The average molecular weight is 483 g/mol. The largest absolute Gasteiger partial charge is 0.481 e. The molecular weight excluding hydrogens is 456 g/mol. The molecule has 7 heteroatoms. The first-order valence-corrected chi connectivity index (χ1v) is 11.8. The fraction of sp³-hybridized carbons (Fsp3) is 0.207. The van der Waals surface area contributed by atoms with E-state index in [0.29, 0.717) is 30.0 Å². The van der Waals surface area contributed by atoms with Crippen molar-refractivity contribution < 1.29 is 24.0 Å². The van der Waals surface area contributed by atoms with Crippen molar-refractivity contribution >= 4 is 17.7 Å². The second-order valence-corrected chi connectivity index (χ2v) is 9.06. The van der Waals surface area contributed by atoms with Gasteiger partial charge in [0.15, 0.2) is 5.76 Å². The summed E-state index contributed by atoms with van der Waals surface area (Å²) in [7, 11) is 0. The Balaban J connectivity index is 1.37. The molecule has 1 heterocycles. The minimum absolute atomic E-state index is 0.422. The van der Waals surface area contributed by atoms with Crippen molar-refractivity contribution in [1.29, 1.82) is 0 Å². The minimum atomic E-state index is -0.799. The second kappa shape index (κ2) is 9.34. The van der Waals surface area contributed by atoms with Crippen LogP contribution in [-0.2, 0) is 14.9 Å². The third-order valence-corrected chi connectivity index (χ3v) is 6.71. The number of hydrogen-bond acceptors (Lipinski definition) is 5. The number of hydrogen-bond donors (Lipinski definition) is 2. The molecule has 2 N–H and O–H groups in total. The summed E-state index contributed by atoms with van der Waals surface area (Å²) in [6, 6.07) is 24.7. The van der Waals surface area contributed by atoms with E-state index in [1.807, 2.05) is 85.8 Å². The Kier molecular flexibility index (Phi) is 6.06. The smallest absolute Gasteiger partial charge is 0.412 e. The Morgan fingerprint density at radius 3 is 2.28 bits per heavy atom. The molecule has 0 saturated heterocycles. The molecule has 1 saturated carbocycles. The molecule has 4 aromatic rings. The molecule has 1 atom stereocenters. The van der Waals surface area contributed by atoms with Gasteiger partial charge in [-0.2, -0.15) is 0 Å². The van der Waals surface area contributed by atoms with Crippen molar-refractivity contribution in [3.8, 4) is 22.4 Å². The summed E-state index contributed by atoms with van der Waals surface area (Å²) < 4.78 is 10.9. The SMILES string of the molecule is Cc1onc(-c2ccc(-c3ccccc3C3(C(=O)O)CC3)cc2)c1NC(=O)OC(C)c1ccccc1. The van der Waals surface area contributed by atoms with E-state index < -0.39 is 23.6 Å². The Morgan fingerprint density at radius 1 is 0.972 bits per heavy atom. The third-order valence-electron chi connectivity index (χ3n) is 6.71. The van der Waals surface area contributed by atoms with Crippen LogP contribution in [0.25, 0.3) is 22.4 Å². The van der Waals surface area contributed by atoms with Gasteiger partial charge < -0.3 is 14.4 Å². The maximum absolute atomic E-state index is 12.6. The predicted octanol–water partition coefficient (Wildman–Crippen LogP) is 6.74. The van der Waals surface area contributed by atoms with Gasteiger partial charge in [-0.05, 0) is 48.9 Å². The number of aryl methyl sites for hydroxylation is 1. The van der Waals surface area contributed by atoms with Crippen molar-refractivity contribution in [2.24, 2.45) is 0 Å². The standard InChI is InChI=1S/C29H26N2O5/c1-18(20-8-4-3-5-9-20)35-28(34)30-25-19(2)36-31-26(25)22-14-12-21(13-15-22)23-10-6-7-11-24(23)29(16-17-29)27(32)33/h3-15,18H,16-17H2,1-2H3,(H,30,34)(H,32,33). The summed E-state index contributed by atoms with van der Waals surface area (Å²) >= 11 is 0. The number of nitrogens with one attached hydrogen (secondary N) is 1. The van der Waals surface area contributed by atoms with E-state index in [0.717, 1.165) is 27.8 Å². The highest BCUT2D eigenvalue weighted by Gasteiger charge is 2.52. The molecule has 182 valence electrons. The monoisotopic (exact) mass is 482 g/mol. The van der Waals surface area contributed by atoms with Gasteiger partial charge >= 0.3 is 12.1 Å². The number of aromatic nitrogens is 1. The summed E-state index contributed by atoms with van der Waals surface area (Å²) in [5.41, 5.74) is 4.41. The average Bonchev–Trinajstić information content (AvgIpc) is 3.64. The molecule has 1 fully saturated rings. The summed E-state index contributed by atoms with van der Waals surface area (Å²) in [6.07, 6.45) is 0.260. The van der Waals surface area contributed by atoms with Gasteiger partial charge in [0.2, 0.25) is 0 Å². The second-order valence-electron chi connectivity index (χ2n) is 9.06. The number of carbonyl (C=O) groups is 2. The summed E-state index contributed by atoms with van der Waals surface area (Å²) in [5.74, 6) is -0.324. The topological polar surface area (TPSA) is 102 Å². The van der Waals surface area contributed by atoms with Crippen LogP contribution in [0.1, 0.15) is 42.8 Å². The number of carboxylic acid groups (broad SMARTS) is 1. The zero-order valence-electron chi connectivity index (χ0n) is 20.0. The van der Waals surface area contributed by atoms with Crippen LogP contribution in [0.3, 0.4) is 0 Å². The number of ether oxygens (including phenoxy) is 1. The van der Waals surface area contributed by atoms with Gasteiger partial charge in [0, 0.05) is 5.56 Å². The van der Waals surface area contributed by atoms with Crippen LogP contribution in [0.4, 0.5) is 10.5 Å². The molecule has 0 radical (unpaired) electrons. The summed E-state index contributed by atoms with van der Waals surface area (Å²) in [4.78, 5) is 24.5. The van der Waals surface area contributed by atoms with Gasteiger partial charge in [-0.3, -0.25) is 10.1 Å². The lowest BCUT2D eigenvalue weighted by Gasteiger charge is -2.16. The van der Waals surface area contributed by atoms with Gasteiger partial charge in [0.05, 0.1) is 5.41 Å². The zero-order valence-corrected chi connectivity index (χ0v) is 20.0. The Morgan fingerprint density at radius 2 is 1.61 bits per heavy atom. The molecule has 5 rings (SSSR count). The van der Waals surface area contributed by atoms with Gasteiger partial charge in [-0.15, -0.1) is 0 Å². The van der Waals surface area contributed by atoms with Crippen LogP contribution in [0.2, 0.25) is 0 Å². The molecule has 1 amide bonds. The quantitative estimate of drug-likeness (QED) is 0.302. The van der Waals surface area contributed by atoms with Gasteiger partial charge in [-0.1, -0.05) is 84.0 Å². The number of anilines is 1. The van der Waals surface area contributed by atoms with Crippen LogP contribution in [-0.4, -0.2) is 22.3 Å². The van der Waals surface area contributed by atoms with Crippen molar-refractivity contribution in [2.75, 3.05) is 5.32 Å². The number of carboxylic acids is 1. The molecule has 0 aliphatic heterocycles. The molecule has 1 aliphatic rings. The maximum Gasteiger partial charge on any atom is 0.412 e. The van der Waals surface area contributed by atoms with Gasteiger partial charge in [-0.25, -0.2) is 4.79 Å². The van der Waals surface area contributed by atoms with Crippen LogP contribution >= 0.6 is 0 Å². The fourth-order valence-corrected chi connectivity index (χ4v) is 4.48. The lowest BCUT2D eigenvalue weighted by Crippen LogP contribution is -2.20. The van der Waals surface area contributed by atoms with Crippen LogP contribution in [0.15, 0.2) is 83.4 Å². The molecule has 3 aromatic carbocycles. The van der Waals surface area contributed by atoms with E-state index in [1.165, 1.54) is 0 Å². The van der Waals surface area contributed by atoms with Gasteiger partial charge in [0.1, 0.15) is 17.5 Å². The van der Waals surface area contributed by atoms with E-state index in [-0.39, 0.29) is 0 Å². The Hall–Kier alpha value is -4.39. The van der Waals surface area contributed by atoms with E-state index >= 15 is 0 Å². The van der Waals surface area contributed by atoms with Crippen molar-refractivity contribution in [3.63, 3.8) is 0 Å². The first-order valence-electron chi connectivity index (χ1n) is 11.8. The van der Waals surface area contributed by atoms with E-state index in [9.17, 15) is 14.7 Å². The van der Waals surface area contributed by atoms with E-state index in [1.54, 1.807) is 6.92 Å². The highest BCUT2D eigenvalue weighted by molar-refractivity contribution is 5.92. The molecule has 1 aliphatic carbocycles. The van der Waals surface area contributed by atoms with Crippen molar-refractivity contribution in [3.05, 3.63) is 95.7 Å². The third kappa shape index (κ3) is 4.35. The molecule has 7 nitrogen and oxygen atoms in total. The predicted molar refractivity (Wildman–Crippen MR) is 136 cm³/mol. The molecule has 36 heavy (non-hydrogen) atoms. The summed E-state index contributed by atoms with van der Waals surface area (Å²) in [5, 5.41) is 16.7. The normalized spacial score (nSPS) is 14.6. The number of rotatable bonds is 7. The summed E-state index contributed by atoms with van der Waals surface area (Å²) in [6.45, 7) is 3.53. The maximum atomic E-state index is 12.6. The number of carbonyl (C=O) groups excluding carboxylic acids is 1. The number of aliphatic carboxylic acids is 1. The molecular formula is C29H26N2O5. The Bertz CT molecular complexity index is 1410. The molecule has 1 aromatic heterocycles. The molecule has 1 unspecified atom stereocenters. The van der Waals surface area contributed by atoms with E-state index in [4.69, 9.17) is 9.26 Å². The number of nitrogens with zero attached hydrogens (tertiary/aromatic N) is 1. The lowest BCUT2D eigenvalue weighted by molar-refractivity contribution is -0.140. The highest BCUT2D eigenvalue weighted by atomic mass is 16.6. The highest BCUT2D eigenvalue weighted by Crippen LogP contribution is 2.51. The van der Waals surface area contributed by atoms with Crippen LogP contribution in [0.5, 0.6) is 0 Å². The molecule has 0 bridgehead atoms. The molecule has 0 spiro atoms. The van der Waals surface area contributed by atoms with E-state index in [2.05, 4.69) is 10.5 Å². The lowest BCUT2D eigenvalue weighted by atomic mass is 9.88. The van der Waals surface area contributed by atoms with Crippen LogP contribution < -0.4 is 5.32 Å².